The first-order valence-electron chi connectivity index (χ1n) is 7.47. The molecule has 0 bridgehead atoms. The first-order valence-corrected chi connectivity index (χ1v) is 8.62. The molecule has 2 amide bonds. The van der Waals surface area contributed by atoms with E-state index in [9.17, 15) is 13.8 Å². The number of anilines is 1. The molecule has 0 fully saturated rings. The fraction of sp³-hybridized carbons (Fsp3) is 0.0526. The maximum atomic E-state index is 13.1. The van der Waals surface area contributed by atoms with E-state index >= 15 is 0 Å². The summed E-state index contributed by atoms with van der Waals surface area (Å²) < 4.78 is 13.1. The quantitative estimate of drug-likeness (QED) is 0.632. The first-order chi connectivity index (χ1) is 11.6. The first kappa shape index (κ1) is 14.8. The molecule has 0 saturated heterocycles. The highest BCUT2D eigenvalue weighted by Crippen LogP contribution is 2.37. The molecule has 1 heterocycles. The van der Waals surface area contributed by atoms with E-state index < -0.39 is 16.7 Å². The number of amides is 2. The Morgan fingerprint density at radius 1 is 0.917 bits per heavy atom. The van der Waals surface area contributed by atoms with E-state index in [-0.39, 0.29) is 11.5 Å². The number of carbonyl (C=O) groups is 2. The van der Waals surface area contributed by atoms with Crippen molar-refractivity contribution in [3.63, 3.8) is 0 Å². The van der Waals surface area contributed by atoms with Crippen LogP contribution in [0, 0.1) is 0 Å². The Balaban J connectivity index is 2.20. The number of fused-ring (bicyclic) bond motifs is 1. The molecule has 0 N–H and O–H groups in total. The number of hydrogen-bond donors (Lipinski definition) is 0. The summed E-state index contributed by atoms with van der Waals surface area (Å²) in [5.41, 5.74) is 0.765. The molecule has 0 radical (unpaired) electrons. The second-order valence-electron chi connectivity index (χ2n) is 5.56. The summed E-state index contributed by atoms with van der Waals surface area (Å²) in [5.74, 6) is -0.821. The lowest BCUT2D eigenvalue weighted by Gasteiger charge is -2.25. The maximum Gasteiger partial charge on any atom is 0.266 e. The number of rotatable bonds is 0. The average molecular weight is 335 g/mol. The van der Waals surface area contributed by atoms with Gasteiger partial charge < -0.3 is 0 Å². The molecule has 1 atom stereocenters. The monoisotopic (exact) mass is 335 g/mol. The zero-order valence-electron chi connectivity index (χ0n) is 12.9. The fourth-order valence-electron chi connectivity index (χ4n) is 3.09. The van der Waals surface area contributed by atoms with Gasteiger partial charge >= 0.3 is 0 Å². The molecule has 4 rings (SSSR count). The summed E-state index contributed by atoms with van der Waals surface area (Å²) in [5, 5.41) is 1.52. The highest BCUT2D eigenvalue weighted by atomic mass is 32.2. The minimum atomic E-state index is -1.50. The Kier molecular flexibility index (Phi) is 3.32. The second kappa shape index (κ2) is 5.39. The van der Waals surface area contributed by atoms with Crippen molar-refractivity contribution < 1.29 is 13.8 Å². The van der Waals surface area contributed by atoms with Crippen LogP contribution in [0.1, 0.15) is 17.3 Å². The molecule has 4 nitrogen and oxygen atoms in total. The molecule has 3 aromatic rings. The van der Waals surface area contributed by atoms with E-state index in [1.54, 1.807) is 42.5 Å². The summed E-state index contributed by atoms with van der Waals surface area (Å²) >= 11 is 0. The molecule has 5 heteroatoms. The Morgan fingerprint density at radius 3 is 2.33 bits per heavy atom. The average Bonchev–Trinajstić information content (AvgIpc) is 2.60. The van der Waals surface area contributed by atoms with Crippen molar-refractivity contribution in [2.45, 2.75) is 16.7 Å². The highest BCUT2D eigenvalue weighted by Gasteiger charge is 2.31. The van der Waals surface area contributed by atoms with Crippen molar-refractivity contribution in [2.75, 3.05) is 4.90 Å². The Hall–Kier alpha value is -2.79. The molecular formula is C19H13NO3S. The fourth-order valence-corrected chi connectivity index (χ4v) is 4.50. The van der Waals surface area contributed by atoms with E-state index in [1.165, 1.54) is 11.8 Å². The van der Waals surface area contributed by atoms with Gasteiger partial charge in [-0.2, -0.15) is 0 Å². The van der Waals surface area contributed by atoms with Crippen LogP contribution in [0.2, 0.25) is 0 Å². The van der Waals surface area contributed by atoms with Gasteiger partial charge in [-0.15, -0.1) is 0 Å². The van der Waals surface area contributed by atoms with Crippen molar-refractivity contribution in [1.82, 2.24) is 0 Å². The minimum absolute atomic E-state index is 0.289. The van der Waals surface area contributed by atoms with Crippen LogP contribution >= 0.6 is 0 Å². The van der Waals surface area contributed by atoms with Gasteiger partial charge in [-0.05, 0) is 29.7 Å². The smallest absolute Gasteiger partial charge is 0.266 e. The van der Waals surface area contributed by atoms with Crippen LogP contribution in [0.4, 0.5) is 5.69 Å². The normalized spacial score (nSPS) is 16.5. The molecule has 1 aliphatic heterocycles. The van der Waals surface area contributed by atoms with Gasteiger partial charge in [-0.25, -0.2) is 9.11 Å². The van der Waals surface area contributed by atoms with Gasteiger partial charge in [0.1, 0.15) is 0 Å². The number of hydrogen-bond acceptors (Lipinski definition) is 3. The third-order valence-electron chi connectivity index (χ3n) is 4.12. The predicted molar refractivity (Wildman–Crippen MR) is 92.6 cm³/mol. The molecule has 24 heavy (non-hydrogen) atoms. The van der Waals surface area contributed by atoms with Crippen LogP contribution in [0.15, 0.2) is 70.5 Å². The minimum Gasteiger partial charge on any atom is -0.274 e. The zero-order chi connectivity index (χ0) is 16.8. The van der Waals surface area contributed by atoms with Crippen LogP contribution in [-0.2, 0) is 15.6 Å². The van der Waals surface area contributed by atoms with E-state index in [2.05, 4.69) is 0 Å². The number of benzene rings is 3. The second-order valence-corrected chi connectivity index (χ2v) is 6.97. The predicted octanol–water partition coefficient (Wildman–Crippen LogP) is 3.51. The lowest BCUT2D eigenvalue weighted by atomic mass is 10.1. The van der Waals surface area contributed by atoms with Crippen molar-refractivity contribution in [2.24, 2.45) is 0 Å². The van der Waals surface area contributed by atoms with Crippen molar-refractivity contribution in [1.29, 1.82) is 0 Å². The van der Waals surface area contributed by atoms with Crippen molar-refractivity contribution >= 4 is 39.1 Å². The van der Waals surface area contributed by atoms with E-state index in [0.717, 1.165) is 5.39 Å². The Bertz CT molecular complexity index is 1040. The SMILES string of the molecule is CC(=O)N1C(=O)c2ccccc2S(=O)c2cccc3cccc1c23. The summed E-state index contributed by atoms with van der Waals surface area (Å²) in [6.07, 6.45) is 0. The van der Waals surface area contributed by atoms with Gasteiger partial charge in [0.25, 0.3) is 5.91 Å². The summed E-state index contributed by atoms with van der Waals surface area (Å²) in [6, 6.07) is 17.6. The summed E-state index contributed by atoms with van der Waals surface area (Å²) in [4.78, 5) is 27.4. The molecule has 1 aliphatic rings. The molecule has 0 spiro atoms. The topological polar surface area (TPSA) is 54.5 Å². The third-order valence-corrected chi connectivity index (χ3v) is 5.62. The van der Waals surface area contributed by atoms with Gasteiger partial charge in [0, 0.05) is 12.3 Å². The van der Waals surface area contributed by atoms with Gasteiger partial charge in [-0.3, -0.25) is 9.59 Å². The van der Waals surface area contributed by atoms with Crippen LogP contribution in [0.25, 0.3) is 10.8 Å². The standard InChI is InChI=1S/C19H13NO3S/c1-12(21)20-15-9-4-6-13-7-5-11-17(18(13)15)24(23)16-10-3-2-8-14(16)19(20)22/h2-11H,1H3. The largest absolute Gasteiger partial charge is 0.274 e. The lowest BCUT2D eigenvalue weighted by Crippen LogP contribution is -2.36. The van der Waals surface area contributed by atoms with Crippen LogP contribution in [-0.4, -0.2) is 16.0 Å². The van der Waals surface area contributed by atoms with E-state index in [0.29, 0.717) is 20.9 Å². The van der Waals surface area contributed by atoms with Gasteiger partial charge in [0.05, 0.1) is 31.8 Å². The van der Waals surface area contributed by atoms with Crippen LogP contribution < -0.4 is 4.90 Å². The van der Waals surface area contributed by atoms with Gasteiger partial charge in [-0.1, -0.05) is 36.4 Å². The molecule has 0 aromatic heterocycles. The van der Waals surface area contributed by atoms with Crippen molar-refractivity contribution in [3.05, 3.63) is 66.2 Å². The Labute approximate surface area is 141 Å². The maximum absolute atomic E-state index is 13.1. The van der Waals surface area contributed by atoms with Gasteiger partial charge in [0.15, 0.2) is 0 Å². The van der Waals surface area contributed by atoms with Crippen molar-refractivity contribution in [3.8, 4) is 0 Å². The highest BCUT2D eigenvalue weighted by molar-refractivity contribution is 7.85. The van der Waals surface area contributed by atoms with Gasteiger partial charge in [0.2, 0.25) is 5.91 Å². The van der Waals surface area contributed by atoms with E-state index in [1.807, 2.05) is 18.2 Å². The third kappa shape index (κ3) is 2.02. The number of imide groups is 1. The summed E-state index contributed by atoms with van der Waals surface area (Å²) in [7, 11) is -1.50. The lowest BCUT2D eigenvalue weighted by molar-refractivity contribution is -0.115. The summed E-state index contributed by atoms with van der Waals surface area (Å²) in [6.45, 7) is 1.36. The number of nitrogens with zero attached hydrogens (tertiary/aromatic N) is 1. The number of carbonyl (C=O) groups excluding carboxylic acids is 2. The van der Waals surface area contributed by atoms with E-state index in [4.69, 9.17) is 0 Å². The Morgan fingerprint density at radius 2 is 1.58 bits per heavy atom. The van der Waals surface area contributed by atoms with Crippen LogP contribution in [0.3, 0.4) is 0 Å². The zero-order valence-corrected chi connectivity index (χ0v) is 13.7. The molecule has 0 aliphatic carbocycles. The molecule has 0 saturated carbocycles. The molecule has 3 aromatic carbocycles. The molecule has 1 unspecified atom stereocenters. The molecule has 118 valence electrons. The van der Waals surface area contributed by atoms with Crippen LogP contribution in [0.5, 0.6) is 0 Å². The molecular weight excluding hydrogens is 322 g/mol.